The summed E-state index contributed by atoms with van der Waals surface area (Å²) < 4.78 is 51.7. The summed E-state index contributed by atoms with van der Waals surface area (Å²) in [6.07, 6.45) is -5.18. The minimum absolute atomic E-state index is 0.000184. The molecule has 0 aromatic heterocycles. The van der Waals surface area contributed by atoms with Crippen molar-refractivity contribution in [2.75, 3.05) is 24.5 Å². The van der Waals surface area contributed by atoms with Crippen molar-refractivity contribution in [2.45, 2.75) is 50.7 Å². The molecule has 3 aliphatic rings. The van der Waals surface area contributed by atoms with Crippen LogP contribution in [-0.4, -0.2) is 66.3 Å². The highest BCUT2D eigenvalue weighted by molar-refractivity contribution is 6.23. The van der Waals surface area contributed by atoms with Gasteiger partial charge in [-0.15, -0.1) is 0 Å². The molecule has 2 fully saturated rings. The van der Waals surface area contributed by atoms with E-state index in [0.717, 1.165) is 11.0 Å². The molecule has 36 heavy (non-hydrogen) atoms. The van der Waals surface area contributed by atoms with Crippen LogP contribution in [0, 0.1) is 11.7 Å². The van der Waals surface area contributed by atoms with Crippen LogP contribution in [0.4, 0.5) is 23.2 Å². The largest absolute Gasteiger partial charge is 0.389 e. The fraction of sp³-hybridized carbons (Fsp3) is 0.522. The van der Waals surface area contributed by atoms with Crippen molar-refractivity contribution in [1.29, 1.82) is 0 Å². The van der Waals surface area contributed by atoms with Crippen LogP contribution < -0.4 is 15.5 Å². The Labute approximate surface area is 203 Å². The Hall–Kier alpha value is -3.51. The van der Waals surface area contributed by atoms with Crippen LogP contribution in [0.25, 0.3) is 0 Å². The SMILES string of the molecule is O=C(CCC(F)(F)F)NCC1CCN(c2cc3c(cc2F)C(=O)N(C2CCC(=O)NC2=O)C3=O)CC1. The highest BCUT2D eigenvalue weighted by Crippen LogP contribution is 2.34. The van der Waals surface area contributed by atoms with Gasteiger partial charge in [0.2, 0.25) is 17.7 Å². The third kappa shape index (κ3) is 5.34. The summed E-state index contributed by atoms with van der Waals surface area (Å²) in [5.41, 5.74) is -0.0600. The van der Waals surface area contributed by atoms with Gasteiger partial charge in [0.15, 0.2) is 0 Å². The van der Waals surface area contributed by atoms with E-state index in [1.54, 1.807) is 4.90 Å². The molecular formula is C23H24F4N4O5. The number of benzene rings is 1. The van der Waals surface area contributed by atoms with Gasteiger partial charge in [0.05, 0.1) is 23.2 Å². The van der Waals surface area contributed by atoms with E-state index in [4.69, 9.17) is 0 Å². The van der Waals surface area contributed by atoms with Gasteiger partial charge in [0.1, 0.15) is 11.9 Å². The molecular weight excluding hydrogens is 488 g/mol. The summed E-state index contributed by atoms with van der Waals surface area (Å²) in [5.74, 6) is -4.17. The number of imide groups is 2. The zero-order valence-electron chi connectivity index (χ0n) is 19.1. The highest BCUT2D eigenvalue weighted by atomic mass is 19.4. The highest BCUT2D eigenvalue weighted by Gasteiger charge is 2.45. The lowest BCUT2D eigenvalue weighted by atomic mass is 9.95. The molecule has 5 amide bonds. The number of nitrogens with one attached hydrogen (secondary N) is 2. The standard InChI is InChI=1S/C23H24F4N4O5/c24-15-9-13-14(22(36)31(21(13)35)16-1-2-19(33)29-20(16)34)10-17(15)30-7-4-12(5-8-30)11-28-18(32)3-6-23(25,26)27/h9-10,12,16H,1-8,11H2,(H,28,32)(H,29,33,34). The molecule has 3 aliphatic heterocycles. The predicted octanol–water partition coefficient (Wildman–Crippen LogP) is 1.90. The van der Waals surface area contributed by atoms with Crippen molar-refractivity contribution < 1.29 is 41.5 Å². The van der Waals surface area contributed by atoms with E-state index in [-0.39, 0.29) is 42.1 Å². The van der Waals surface area contributed by atoms with Crippen molar-refractivity contribution in [2.24, 2.45) is 5.92 Å². The van der Waals surface area contributed by atoms with Crippen LogP contribution in [-0.2, 0) is 14.4 Å². The predicted molar refractivity (Wildman–Crippen MR) is 116 cm³/mol. The molecule has 1 aromatic rings. The van der Waals surface area contributed by atoms with Crippen molar-refractivity contribution in [3.63, 3.8) is 0 Å². The molecule has 3 heterocycles. The lowest BCUT2D eigenvalue weighted by Gasteiger charge is -2.34. The molecule has 194 valence electrons. The number of hydrogen-bond donors (Lipinski definition) is 2. The van der Waals surface area contributed by atoms with Crippen LogP contribution in [0.15, 0.2) is 12.1 Å². The van der Waals surface area contributed by atoms with E-state index in [1.165, 1.54) is 6.07 Å². The average Bonchev–Trinajstić information content (AvgIpc) is 3.05. The first kappa shape index (κ1) is 25.6. The van der Waals surface area contributed by atoms with Crippen LogP contribution >= 0.6 is 0 Å². The van der Waals surface area contributed by atoms with E-state index >= 15 is 0 Å². The van der Waals surface area contributed by atoms with E-state index in [2.05, 4.69) is 10.6 Å². The van der Waals surface area contributed by atoms with Gasteiger partial charge in [0, 0.05) is 32.5 Å². The smallest absolute Gasteiger partial charge is 0.369 e. The second kappa shape index (κ2) is 9.86. The number of carbonyl (C=O) groups excluding carboxylic acids is 5. The van der Waals surface area contributed by atoms with Gasteiger partial charge in [-0.25, -0.2) is 4.39 Å². The molecule has 0 aliphatic carbocycles. The van der Waals surface area contributed by atoms with Crippen LogP contribution in [0.5, 0.6) is 0 Å². The van der Waals surface area contributed by atoms with Crippen LogP contribution in [0.1, 0.15) is 59.2 Å². The fourth-order valence-electron chi connectivity index (χ4n) is 4.70. The first-order chi connectivity index (χ1) is 16.9. The van der Waals surface area contributed by atoms with E-state index in [0.29, 0.717) is 25.9 Å². The van der Waals surface area contributed by atoms with Gasteiger partial charge in [-0.3, -0.25) is 34.2 Å². The number of rotatable bonds is 6. The van der Waals surface area contributed by atoms with Gasteiger partial charge in [-0.1, -0.05) is 0 Å². The van der Waals surface area contributed by atoms with Gasteiger partial charge < -0.3 is 10.2 Å². The Bertz CT molecular complexity index is 1110. The number of halogens is 4. The topological polar surface area (TPSA) is 116 Å². The maximum absolute atomic E-state index is 15.0. The molecule has 0 bridgehead atoms. The Morgan fingerprint density at radius 2 is 1.67 bits per heavy atom. The number of carbonyl (C=O) groups is 5. The minimum Gasteiger partial charge on any atom is -0.369 e. The molecule has 4 rings (SSSR count). The van der Waals surface area contributed by atoms with Crippen molar-refractivity contribution in [3.8, 4) is 0 Å². The monoisotopic (exact) mass is 512 g/mol. The molecule has 9 nitrogen and oxygen atoms in total. The summed E-state index contributed by atoms with van der Waals surface area (Å²) in [6.45, 7) is 0.959. The quantitative estimate of drug-likeness (QED) is 0.445. The Morgan fingerprint density at radius 3 is 2.28 bits per heavy atom. The number of hydrogen-bond acceptors (Lipinski definition) is 6. The maximum atomic E-state index is 15.0. The Kier molecular flexibility index (Phi) is 7.01. The van der Waals surface area contributed by atoms with E-state index in [9.17, 15) is 41.5 Å². The van der Waals surface area contributed by atoms with E-state index in [1.807, 2.05) is 0 Å². The molecule has 1 aromatic carbocycles. The molecule has 2 saturated heterocycles. The van der Waals surface area contributed by atoms with Crippen molar-refractivity contribution >= 4 is 35.2 Å². The van der Waals surface area contributed by atoms with Crippen LogP contribution in [0.2, 0.25) is 0 Å². The lowest BCUT2D eigenvalue weighted by Crippen LogP contribution is -2.54. The number of anilines is 1. The fourth-order valence-corrected chi connectivity index (χ4v) is 4.70. The molecule has 13 heteroatoms. The zero-order chi connectivity index (χ0) is 26.2. The molecule has 0 spiro atoms. The summed E-state index contributed by atoms with van der Waals surface area (Å²) >= 11 is 0. The summed E-state index contributed by atoms with van der Waals surface area (Å²) in [6, 6.07) is 1.11. The second-order valence-electron chi connectivity index (χ2n) is 9.15. The number of fused-ring (bicyclic) bond motifs is 1. The number of piperidine rings is 2. The summed E-state index contributed by atoms with van der Waals surface area (Å²) in [7, 11) is 0. The normalized spacial score (nSPS) is 21.1. The Balaban J connectivity index is 1.38. The first-order valence-electron chi connectivity index (χ1n) is 11.6. The van der Waals surface area contributed by atoms with Gasteiger partial charge in [-0.05, 0) is 37.3 Å². The van der Waals surface area contributed by atoms with Gasteiger partial charge in [-0.2, -0.15) is 13.2 Å². The zero-order valence-corrected chi connectivity index (χ0v) is 19.1. The molecule has 0 saturated carbocycles. The average molecular weight is 512 g/mol. The third-order valence-electron chi connectivity index (χ3n) is 6.69. The number of nitrogens with zero attached hydrogens (tertiary/aromatic N) is 2. The summed E-state index contributed by atoms with van der Waals surface area (Å²) in [5, 5.41) is 4.61. The van der Waals surface area contributed by atoms with Gasteiger partial charge in [0.25, 0.3) is 11.8 Å². The third-order valence-corrected chi connectivity index (χ3v) is 6.69. The van der Waals surface area contributed by atoms with E-state index < -0.39 is 60.4 Å². The minimum atomic E-state index is -4.40. The van der Waals surface area contributed by atoms with Crippen molar-refractivity contribution in [3.05, 3.63) is 29.1 Å². The van der Waals surface area contributed by atoms with Gasteiger partial charge >= 0.3 is 6.18 Å². The van der Waals surface area contributed by atoms with Crippen molar-refractivity contribution in [1.82, 2.24) is 15.5 Å². The molecule has 1 atom stereocenters. The number of amides is 5. The first-order valence-corrected chi connectivity index (χ1v) is 11.6. The maximum Gasteiger partial charge on any atom is 0.389 e. The molecule has 1 unspecified atom stereocenters. The summed E-state index contributed by atoms with van der Waals surface area (Å²) in [4.78, 5) is 63.5. The van der Waals surface area contributed by atoms with Crippen LogP contribution in [0.3, 0.4) is 0 Å². The molecule has 0 radical (unpaired) electrons. The lowest BCUT2D eigenvalue weighted by molar-refractivity contribution is -0.144. The molecule has 2 N–H and O–H groups in total. The number of alkyl halides is 3. The second-order valence-corrected chi connectivity index (χ2v) is 9.15. The Morgan fingerprint density at radius 1 is 1.03 bits per heavy atom.